The van der Waals surface area contributed by atoms with Gasteiger partial charge < -0.3 is 15.5 Å². The number of carbonyl (C=O) groups is 2. The highest BCUT2D eigenvalue weighted by molar-refractivity contribution is 6.31. The number of para-hydroxylation sites is 1. The van der Waals surface area contributed by atoms with Crippen molar-refractivity contribution in [3.63, 3.8) is 0 Å². The average Bonchev–Trinajstić information content (AvgIpc) is 3.35. The Kier molecular flexibility index (Phi) is 7.66. The van der Waals surface area contributed by atoms with Gasteiger partial charge in [-0.05, 0) is 62.5 Å². The number of halogens is 1. The Bertz CT molecular complexity index is 917. The van der Waals surface area contributed by atoms with Crippen LogP contribution >= 0.6 is 11.6 Å². The summed E-state index contributed by atoms with van der Waals surface area (Å²) in [5, 5.41) is 6.82. The molecule has 2 heterocycles. The number of hydrogen-bond acceptors (Lipinski definition) is 3. The Balaban J connectivity index is 1.35. The molecule has 2 N–H and O–H groups in total. The van der Waals surface area contributed by atoms with E-state index < -0.39 is 0 Å². The second-order valence-corrected chi connectivity index (χ2v) is 9.01. The molecule has 0 unspecified atom stereocenters. The van der Waals surface area contributed by atoms with E-state index in [0.29, 0.717) is 19.6 Å². The molecule has 170 valence electrons. The van der Waals surface area contributed by atoms with Crippen molar-refractivity contribution in [3.8, 4) is 0 Å². The lowest BCUT2D eigenvalue weighted by atomic mass is 9.97. The summed E-state index contributed by atoms with van der Waals surface area (Å²) in [5.41, 5.74) is 1.82. The van der Waals surface area contributed by atoms with Crippen molar-refractivity contribution < 1.29 is 9.59 Å². The third kappa shape index (κ3) is 5.61. The first-order chi connectivity index (χ1) is 15.6. The van der Waals surface area contributed by atoms with Crippen LogP contribution in [0.3, 0.4) is 0 Å². The van der Waals surface area contributed by atoms with E-state index in [2.05, 4.69) is 15.5 Å². The Morgan fingerprint density at radius 1 is 0.969 bits per heavy atom. The third-order valence-corrected chi connectivity index (χ3v) is 6.76. The highest BCUT2D eigenvalue weighted by Gasteiger charge is 2.30. The molecule has 2 aromatic rings. The Hall–Kier alpha value is -2.57. The normalized spacial score (nSPS) is 20.0. The number of nitrogens with zero attached hydrogens (tertiary/aromatic N) is 2. The van der Waals surface area contributed by atoms with Gasteiger partial charge in [0.1, 0.15) is 0 Å². The number of anilines is 1. The molecule has 7 heteroatoms. The van der Waals surface area contributed by atoms with Crippen molar-refractivity contribution in [2.75, 3.05) is 38.0 Å². The molecule has 0 bridgehead atoms. The average molecular weight is 455 g/mol. The van der Waals surface area contributed by atoms with Crippen LogP contribution in [0.1, 0.15) is 37.3 Å². The predicted molar refractivity (Wildman–Crippen MR) is 128 cm³/mol. The van der Waals surface area contributed by atoms with E-state index in [9.17, 15) is 9.59 Å². The molecule has 0 saturated carbocycles. The largest absolute Gasteiger partial charge is 0.354 e. The van der Waals surface area contributed by atoms with E-state index in [0.717, 1.165) is 42.2 Å². The van der Waals surface area contributed by atoms with Crippen LogP contribution in [-0.2, 0) is 4.79 Å². The fraction of sp³-hybridized carbons (Fsp3) is 0.440. The first-order valence-electron chi connectivity index (χ1n) is 11.5. The quantitative estimate of drug-likeness (QED) is 0.673. The number of likely N-dealkylation sites (tertiary alicyclic amines) is 2. The van der Waals surface area contributed by atoms with Crippen LogP contribution in [0.15, 0.2) is 54.6 Å². The van der Waals surface area contributed by atoms with Gasteiger partial charge in [0.2, 0.25) is 5.91 Å². The Morgan fingerprint density at radius 3 is 2.44 bits per heavy atom. The molecular formula is C25H31ClN4O2. The van der Waals surface area contributed by atoms with Crippen LogP contribution in [-0.4, -0.2) is 54.5 Å². The zero-order chi connectivity index (χ0) is 22.3. The Labute approximate surface area is 194 Å². The lowest BCUT2D eigenvalue weighted by Gasteiger charge is -2.33. The van der Waals surface area contributed by atoms with Gasteiger partial charge in [0.15, 0.2) is 0 Å². The minimum absolute atomic E-state index is 0.0125. The number of hydrogen-bond donors (Lipinski definition) is 2. The zero-order valence-corrected chi connectivity index (χ0v) is 19.1. The lowest BCUT2D eigenvalue weighted by Crippen LogP contribution is -2.48. The van der Waals surface area contributed by atoms with Crippen LogP contribution in [0.2, 0.25) is 5.02 Å². The summed E-state index contributed by atoms with van der Waals surface area (Å²) < 4.78 is 0. The maximum atomic E-state index is 13.0. The van der Waals surface area contributed by atoms with E-state index in [1.807, 2.05) is 54.6 Å². The first-order valence-corrected chi connectivity index (χ1v) is 11.9. The summed E-state index contributed by atoms with van der Waals surface area (Å²) >= 11 is 6.49. The molecule has 3 amide bonds. The van der Waals surface area contributed by atoms with Gasteiger partial charge in [-0.1, -0.05) is 48.0 Å². The SMILES string of the molecule is O=C(NC[C@@H](c1ccccc1Cl)N1CCCC1)[C@@H]1CCCN(C(=O)Nc2ccccc2)C1. The van der Waals surface area contributed by atoms with Crippen LogP contribution in [0, 0.1) is 5.92 Å². The van der Waals surface area contributed by atoms with Crippen molar-refractivity contribution in [1.29, 1.82) is 0 Å². The monoisotopic (exact) mass is 454 g/mol. The second-order valence-electron chi connectivity index (χ2n) is 8.61. The van der Waals surface area contributed by atoms with E-state index in [-0.39, 0.29) is 23.9 Å². The molecule has 6 nitrogen and oxygen atoms in total. The van der Waals surface area contributed by atoms with E-state index in [4.69, 9.17) is 11.6 Å². The van der Waals surface area contributed by atoms with E-state index >= 15 is 0 Å². The van der Waals surface area contributed by atoms with Gasteiger partial charge in [-0.25, -0.2) is 4.79 Å². The number of benzene rings is 2. The summed E-state index contributed by atoms with van der Waals surface area (Å²) in [6.07, 6.45) is 3.95. The summed E-state index contributed by atoms with van der Waals surface area (Å²) in [7, 11) is 0. The summed E-state index contributed by atoms with van der Waals surface area (Å²) in [4.78, 5) is 29.8. The highest BCUT2D eigenvalue weighted by atomic mass is 35.5. The summed E-state index contributed by atoms with van der Waals surface area (Å²) in [6, 6.07) is 17.2. The van der Waals surface area contributed by atoms with Crippen LogP contribution in [0.4, 0.5) is 10.5 Å². The van der Waals surface area contributed by atoms with E-state index in [1.54, 1.807) is 4.90 Å². The number of nitrogens with one attached hydrogen (secondary N) is 2. The molecule has 4 rings (SSSR count). The van der Waals surface area contributed by atoms with Gasteiger partial charge in [-0.3, -0.25) is 9.69 Å². The highest BCUT2D eigenvalue weighted by Crippen LogP contribution is 2.30. The fourth-order valence-electron chi connectivity index (χ4n) is 4.68. The van der Waals surface area contributed by atoms with Gasteiger partial charge >= 0.3 is 6.03 Å². The minimum Gasteiger partial charge on any atom is -0.354 e. The number of rotatable bonds is 6. The molecule has 0 spiro atoms. The molecule has 2 aliphatic rings. The topological polar surface area (TPSA) is 64.7 Å². The van der Waals surface area contributed by atoms with Gasteiger partial charge in [0.25, 0.3) is 0 Å². The fourth-order valence-corrected chi connectivity index (χ4v) is 4.94. The first kappa shape index (κ1) is 22.6. The summed E-state index contributed by atoms with van der Waals surface area (Å²) in [6.45, 7) is 3.66. The smallest absolute Gasteiger partial charge is 0.321 e. The zero-order valence-electron chi connectivity index (χ0n) is 18.3. The maximum Gasteiger partial charge on any atom is 0.321 e. The van der Waals surface area contributed by atoms with Gasteiger partial charge in [0, 0.05) is 30.3 Å². The predicted octanol–water partition coefficient (Wildman–Crippen LogP) is 4.54. The van der Waals surface area contributed by atoms with Crippen LogP contribution in [0.5, 0.6) is 0 Å². The van der Waals surface area contributed by atoms with Crippen LogP contribution in [0.25, 0.3) is 0 Å². The van der Waals surface area contributed by atoms with Crippen molar-refractivity contribution in [3.05, 3.63) is 65.2 Å². The third-order valence-electron chi connectivity index (χ3n) is 6.42. The standard InChI is InChI=1S/C25H31ClN4O2/c26-22-13-5-4-12-21(22)23(29-14-6-7-15-29)17-27-24(31)19-9-8-16-30(18-19)25(32)28-20-10-2-1-3-11-20/h1-5,10-13,19,23H,6-9,14-18H2,(H,27,31)(H,28,32)/t19-,23+/m1/s1. The molecule has 2 aliphatic heterocycles. The minimum atomic E-state index is -0.198. The number of piperidine rings is 1. The Morgan fingerprint density at radius 2 is 1.69 bits per heavy atom. The molecule has 2 fully saturated rings. The molecule has 0 radical (unpaired) electrons. The molecule has 2 aromatic carbocycles. The lowest BCUT2D eigenvalue weighted by molar-refractivity contribution is -0.126. The van der Waals surface area contributed by atoms with Gasteiger partial charge in [-0.2, -0.15) is 0 Å². The number of amides is 3. The summed E-state index contributed by atoms with van der Waals surface area (Å²) in [5.74, 6) is -0.186. The van der Waals surface area contributed by atoms with Crippen molar-refractivity contribution in [1.82, 2.24) is 15.1 Å². The van der Waals surface area contributed by atoms with Gasteiger partial charge in [-0.15, -0.1) is 0 Å². The van der Waals surface area contributed by atoms with Gasteiger partial charge in [0.05, 0.1) is 12.0 Å². The number of urea groups is 1. The maximum absolute atomic E-state index is 13.0. The molecule has 2 atom stereocenters. The molecule has 2 saturated heterocycles. The molecule has 0 aliphatic carbocycles. The number of carbonyl (C=O) groups excluding carboxylic acids is 2. The van der Waals surface area contributed by atoms with Crippen molar-refractivity contribution in [2.24, 2.45) is 5.92 Å². The van der Waals surface area contributed by atoms with Crippen molar-refractivity contribution in [2.45, 2.75) is 31.7 Å². The van der Waals surface area contributed by atoms with Crippen LogP contribution < -0.4 is 10.6 Å². The second kappa shape index (κ2) is 10.8. The van der Waals surface area contributed by atoms with E-state index in [1.165, 1.54) is 12.8 Å². The molecule has 0 aromatic heterocycles. The molecular weight excluding hydrogens is 424 g/mol. The molecule has 32 heavy (non-hydrogen) atoms. The van der Waals surface area contributed by atoms with Crippen molar-refractivity contribution >= 4 is 29.2 Å².